The van der Waals surface area contributed by atoms with E-state index in [1.54, 1.807) is 0 Å². The molecule has 0 amide bonds. The normalized spacial score (nSPS) is 18.1. The van der Waals surface area contributed by atoms with E-state index in [-0.39, 0.29) is 17.7 Å². The molecule has 3 nitrogen and oxygen atoms in total. The summed E-state index contributed by atoms with van der Waals surface area (Å²) in [4.78, 5) is 3.74. The Morgan fingerprint density at radius 1 is 1.06 bits per heavy atom. The molecule has 1 aromatic rings. The quantitative estimate of drug-likeness (QED) is 0.850. The fourth-order valence-electron chi connectivity index (χ4n) is 2.38. The number of anilines is 2. The number of pyridine rings is 1. The minimum Gasteiger partial charge on any atom is -0.381 e. The van der Waals surface area contributed by atoms with E-state index in [9.17, 15) is 8.78 Å². The third kappa shape index (κ3) is 3.31. The Hall–Kier alpha value is -1.39. The number of hydrogen-bond donors (Lipinski definition) is 2. The van der Waals surface area contributed by atoms with Crippen LogP contribution in [0, 0.1) is 11.6 Å². The molecule has 0 bridgehead atoms. The molecule has 0 atom stereocenters. The SMILES string of the molecule is Nc1nc(NC2CCCCCCC2)c(F)cc1F. The van der Waals surface area contributed by atoms with Crippen LogP contribution >= 0.6 is 0 Å². The Morgan fingerprint density at radius 2 is 1.67 bits per heavy atom. The first-order chi connectivity index (χ1) is 8.66. The fourth-order valence-corrected chi connectivity index (χ4v) is 2.38. The predicted molar refractivity (Wildman–Crippen MR) is 68.3 cm³/mol. The Morgan fingerprint density at radius 3 is 2.33 bits per heavy atom. The van der Waals surface area contributed by atoms with Gasteiger partial charge in [0.05, 0.1) is 0 Å². The van der Waals surface area contributed by atoms with E-state index in [1.165, 1.54) is 19.3 Å². The number of aromatic nitrogens is 1. The van der Waals surface area contributed by atoms with E-state index in [4.69, 9.17) is 5.73 Å². The molecule has 3 N–H and O–H groups in total. The number of hydrogen-bond acceptors (Lipinski definition) is 3. The van der Waals surface area contributed by atoms with Gasteiger partial charge in [-0.15, -0.1) is 0 Å². The zero-order chi connectivity index (χ0) is 13.0. The molecule has 0 radical (unpaired) electrons. The molecule has 1 aliphatic carbocycles. The van der Waals surface area contributed by atoms with Crippen LogP contribution in [0.4, 0.5) is 20.4 Å². The van der Waals surface area contributed by atoms with E-state index in [0.29, 0.717) is 0 Å². The minimum absolute atomic E-state index is 0.0690. The van der Waals surface area contributed by atoms with Gasteiger partial charge in [-0.3, -0.25) is 0 Å². The van der Waals surface area contributed by atoms with Crippen LogP contribution in [0.2, 0.25) is 0 Å². The van der Waals surface area contributed by atoms with Crippen molar-refractivity contribution >= 4 is 11.6 Å². The number of rotatable bonds is 2. The molecule has 1 aromatic heterocycles. The van der Waals surface area contributed by atoms with Crippen LogP contribution in [-0.2, 0) is 0 Å². The van der Waals surface area contributed by atoms with Gasteiger partial charge in [-0.25, -0.2) is 13.8 Å². The molecule has 1 aliphatic rings. The molecule has 0 unspecified atom stereocenters. The summed E-state index contributed by atoms with van der Waals surface area (Å²) in [5, 5.41) is 3.05. The predicted octanol–water partition coefficient (Wildman–Crippen LogP) is 3.47. The zero-order valence-corrected chi connectivity index (χ0v) is 10.4. The summed E-state index contributed by atoms with van der Waals surface area (Å²) in [6.07, 6.45) is 7.99. The van der Waals surface area contributed by atoms with Gasteiger partial charge in [0.25, 0.3) is 0 Å². The van der Waals surface area contributed by atoms with E-state index in [2.05, 4.69) is 10.3 Å². The fraction of sp³-hybridized carbons (Fsp3) is 0.615. The van der Waals surface area contributed by atoms with Crippen LogP contribution in [0.1, 0.15) is 44.9 Å². The van der Waals surface area contributed by atoms with Crippen molar-refractivity contribution in [2.24, 2.45) is 0 Å². The summed E-state index contributed by atoms with van der Waals surface area (Å²) >= 11 is 0. The van der Waals surface area contributed by atoms with Crippen molar-refractivity contribution < 1.29 is 8.78 Å². The van der Waals surface area contributed by atoms with Gasteiger partial charge >= 0.3 is 0 Å². The molecule has 1 fully saturated rings. The van der Waals surface area contributed by atoms with E-state index in [0.717, 1.165) is 31.7 Å². The standard InChI is InChI=1S/C13H19F2N3/c14-10-8-11(15)13(18-12(10)16)17-9-6-4-2-1-3-5-7-9/h8-9H,1-7H2,(H3,16,17,18). The average Bonchev–Trinajstić information content (AvgIpc) is 2.29. The molecule has 5 heteroatoms. The second-order valence-corrected chi connectivity index (χ2v) is 4.87. The highest BCUT2D eigenvalue weighted by atomic mass is 19.1. The number of nitrogens with zero attached hydrogens (tertiary/aromatic N) is 1. The number of nitrogen functional groups attached to an aromatic ring is 1. The topological polar surface area (TPSA) is 50.9 Å². The van der Waals surface area contributed by atoms with Crippen molar-refractivity contribution in [3.05, 3.63) is 17.7 Å². The van der Waals surface area contributed by atoms with Crippen molar-refractivity contribution in [2.75, 3.05) is 11.1 Å². The molecule has 0 aliphatic heterocycles. The molecular formula is C13H19F2N3. The highest BCUT2D eigenvalue weighted by Crippen LogP contribution is 2.22. The van der Waals surface area contributed by atoms with E-state index < -0.39 is 11.6 Å². The summed E-state index contributed by atoms with van der Waals surface area (Å²) in [6.45, 7) is 0. The summed E-state index contributed by atoms with van der Waals surface area (Å²) in [5.74, 6) is -1.68. The first kappa shape index (κ1) is 13.1. The Bertz CT molecular complexity index is 401. The lowest BCUT2D eigenvalue weighted by Gasteiger charge is -2.21. The Kier molecular flexibility index (Phi) is 4.33. The lowest BCUT2D eigenvalue weighted by Crippen LogP contribution is -2.22. The summed E-state index contributed by atoms with van der Waals surface area (Å²) in [5.41, 5.74) is 5.36. The van der Waals surface area contributed by atoms with Crippen LogP contribution in [0.5, 0.6) is 0 Å². The smallest absolute Gasteiger partial charge is 0.168 e. The number of nitrogens with two attached hydrogens (primary N) is 1. The van der Waals surface area contributed by atoms with Crippen LogP contribution in [0.3, 0.4) is 0 Å². The summed E-state index contributed by atoms with van der Waals surface area (Å²) in [7, 11) is 0. The third-order valence-corrected chi connectivity index (χ3v) is 3.40. The van der Waals surface area contributed by atoms with Crippen LogP contribution in [0.15, 0.2) is 6.07 Å². The monoisotopic (exact) mass is 255 g/mol. The maximum atomic E-state index is 13.5. The van der Waals surface area contributed by atoms with Gasteiger partial charge in [0, 0.05) is 12.1 Å². The van der Waals surface area contributed by atoms with Crippen molar-refractivity contribution in [3.8, 4) is 0 Å². The maximum Gasteiger partial charge on any atom is 0.168 e. The van der Waals surface area contributed by atoms with Crippen LogP contribution in [0.25, 0.3) is 0 Å². The third-order valence-electron chi connectivity index (χ3n) is 3.40. The first-order valence-electron chi connectivity index (χ1n) is 6.55. The number of halogens is 2. The van der Waals surface area contributed by atoms with Gasteiger partial charge in [0.2, 0.25) is 0 Å². The Labute approximate surface area is 106 Å². The van der Waals surface area contributed by atoms with Crippen LogP contribution < -0.4 is 11.1 Å². The lowest BCUT2D eigenvalue weighted by atomic mass is 9.97. The van der Waals surface area contributed by atoms with E-state index >= 15 is 0 Å². The van der Waals surface area contributed by atoms with Gasteiger partial charge in [-0.1, -0.05) is 32.1 Å². The van der Waals surface area contributed by atoms with Gasteiger partial charge in [-0.2, -0.15) is 0 Å². The second-order valence-electron chi connectivity index (χ2n) is 4.87. The van der Waals surface area contributed by atoms with E-state index in [1.807, 2.05) is 0 Å². The maximum absolute atomic E-state index is 13.5. The molecule has 0 aromatic carbocycles. The molecule has 0 saturated heterocycles. The average molecular weight is 255 g/mol. The molecular weight excluding hydrogens is 236 g/mol. The molecule has 100 valence electrons. The second kappa shape index (κ2) is 5.98. The van der Waals surface area contributed by atoms with Gasteiger partial charge < -0.3 is 11.1 Å². The van der Waals surface area contributed by atoms with Crippen molar-refractivity contribution in [3.63, 3.8) is 0 Å². The lowest BCUT2D eigenvalue weighted by molar-refractivity contribution is 0.468. The van der Waals surface area contributed by atoms with Gasteiger partial charge in [-0.05, 0) is 12.8 Å². The highest BCUT2D eigenvalue weighted by molar-refractivity contribution is 5.45. The molecule has 2 rings (SSSR count). The van der Waals surface area contributed by atoms with Gasteiger partial charge in [0.1, 0.15) is 0 Å². The van der Waals surface area contributed by atoms with Gasteiger partial charge in [0.15, 0.2) is 23.3 Å². The van der Waals surface area contributed by atoms with Crippen molar-refractivity contribution in [1.29, 1.82) is 0 Å². The van der Waals surface area contributed by atoms with Crippen molar-refractivity contribution in [1.82, 2.24) is 4.98 Å². The molecule has 1 heterocycles. The van der Waals surface area contributed by atoms with Crippen LogP contribution in [-0.4, -0.2) is 11.0 Å². The first-order valence-corrected chi connectivity index (χ1v) is 6.55. The molecule has 18 heavy (non-hydrogen) atoms. The largest absolute Gasteiger partial charge is 0.381 e. The zero-order valence-electron chi connectivity index (χ0n) is 10.4. The Balaban J connectivity index is 2.05. The number of nitrogens with one attached hydrogen (secondary N) is 1. The summed E-state index contributed by atoms with van der Waals surface area (Å²) < 4.78 is 26.5. The van der Waals surface area contributed by atoms with Crippen molar-refractivity contribution in [2.45, 2.75) is 51.0 Å². The summed E-state index contributed by atoms with van der Waals surface area (Å²) in [6, 6.07) is 0.991. The molecule has 0 spiro atoms. The minimum atomic E-state index is -0.810. The molecule has 1 saturated carbocycles. The highest BCUT2D eigenvalue weighted by Gasteiger charge is 2.15.